The Labute approximate surface area is 148 Å². The Balaban J connectivity index is 1.53. The van der Waals surface area contributed by atoms with Gasteiger partial charge in [0.15, 0.2) is 5.78 Å². The van der Waals surface area contributed by atoms with Crippen molar-refractivity contribution in [3.63, 3.8) is 0 Å². The molecule has 0 radical (unpaired) electrons. The highest BCUT2D eigenvalue weighted by Gasteiger charge is 2.17. The number of aryl methyl sites for hydroxylation is 2. The van der Waals surface area contributed by atoms with Gasteiger partial charge < -0.3 is 4.42 Å². The number of para-hydroxylation sites is 1. The first-order valence-electron chi connectivity index (χ1n) is 8.72. The minimum absolute atomic E-state index is 0.0440. The lowest BCUT2D eigenvalue weighted by molar-refractivity contribution is 0.0970. The maximum absolute atomic E-state index is 12.7. The van der Waals surface area contributed by atoms with E-state index in [4.69, 9.17) is 4.42 Å². The standard InChI is InChI=1S/C21H16N2O3/c24-17(15-9-8-13-4-3-5-14(13)10-15)11-23-12-22-19-16-6-1-2-7-18(16)26-20(19)21(23)25/h1-2,6-10,12H,3-5,11H2. The van der Waals surface area contributed by atoms with Crippen molar-refractivity contribution in [1.29, 1.82) is 0 Å². The van der Waals surface area contributed by atoms with E-state index < -0.39 is 0 Å². The highest BCUT2D eigenvalue weighted by molar-refractivity contribution is 6.02. The molecule has 0 fully saturated rings. The van der Waals surface area contributed by atoms with Crippen molar-refractivity contribution in [1.82, 2.24) is 9.55 Å². The molecule has 1 aliphatic carbocycles. The summed E-state index contributed by atoms with van der Waals surface area (Å²) in [7, 11) is 0. The van der Waals surface area contributed by atoms with E-state index in [-0.39, 0.29) is 23.5 Å². The van der Waals surface area contributed by atoms with Gasteiger partial charge in [0.1, 0.15) is 11.1 Å². The molecule has 26 heavy (non-hydrogen) atoms. The van der Waals surface area contributed by atoms with Gasteiger partial charge in [-0.2, -0.15) is 0 Å². The largest absolute Gasteiger partial charge is 0.448 e. The molecule has 4 aromatic rings. The average molecular weight is 344 g/mol. The van der Waals surface area contributed by atoms with Gasteiger partial charge >= 0.3 is 0 Å². The van der Waals surface area contributed by atoms with Crippen LogP contribution in [0, 0.1) is 0 Å². The van der Waals surface area contributed by atoms with Crippen LogP contribution in [0.15, 0.2) is 58.0 Å². The molecule has 0 bridgehead atoms. The number of aromatic nitrogens is 2. The number of carbonyl (C=O) groups is 1. The van der Waals surface area contributed by atoms with E-state index in [0.717, 1.165) is 24.6 Å². The van der Waals surface area contributed by atoms with Crippen molar-refractivity contribution < 1.29 is 9.21 Å². The first-order valence-corrected chi connectivity index (χ1v) is 8.72. The summed E-state index contributed by atoms with van der Waals surface area (Å²) >= 11 is 0. The van der Waals surface area contributed by atoms with Crippen LogP contribution in [-0.4, -0.2) is 15.3 Å². The molecule has 0 spiro atoms. The van der Waals surface area contributed by atoms with Crippen LogP contribution in [0.3, 0.4) is 0 Å². The zero-order valence-electron chi connectivity index (χ0n) is 14.1. The quantitative estimate of drug-likeness (QED) is 0.534. The third kappa shape index (κ3) is 2.28. The molecule has 128 valence electrons. The van der Waals surface area contributed by atoms with E-state index in [2.05, 4.69) is 4.98 Å². The van der Waals surface area contributed by atoms with Gasteiger partial charge in [-0.05, 0) is 48.6 Å². The third-order valence-electron chi connectivity index (χ3n) is 5.09. The summed E-state index contributed by atoms with van der Waals surface area (Å²) in [5.74, 6) is -0.0981. The molecule has 2 aromatic carbocycles. The molecule has 0 saturated carbocycles. The van der Waals surface area contributed by atoms with Crippen LogP contribution < -0.4 is 5.56 Å². The van der Waals surface area contributed by atoms with Crippen LogP contribution >= 0.6 is 0 Å². The lowest BCUT2D eigenvalue weighted by Crippen LogP contribution is -2.24. The number of furan rings is 1. The first-order chi connectivity index (χ1) is 12.7. The maximum atomic E-state index is 12.7. The Bertz CT molecular complexity index is 1230. The van der Waals surface area contributed by atoms with Gasteiger partial charge in [-0.25, -0.2) is 4.98 Å². The van der Waals surface area contributed by atoms with E-state index in [1.807, 2.05) is 36.4 Å². The number of rotatable bonds is 3. The minimum atomic E-state index is -0.333. The molecule has 0 aliphatic heterocycles. The number of hydrogen-bond donors (Lipinski definition) is 0. The van der Waals surface area contributed by atoms with Crippen molar-refractivity contribution in [3.8, 4) is 0 Å². The topological polar surface area (TPSA) is 65.1 Å². The predicted octanol–water partition coefficient (Wildman–Crippen LogP) is 3.51. The third-order valence-corrected chi connectivity index (χ3v) is 5.09. The summed E-state index contributed by atoms with van der Waals surface area (Å²) in [4.78, 5) is 29.7. The van der Waals surface area contributed by atoms with E-state index in [1.54, 1.807) is 6.07 Å². The predicted molar refractivity (Wildman–Crippen MR) is 98.6 cm³/mol. The van der Waals surface area contributed by atoms with E-state index >= 15 is 0 Å². The maximum Gasteiger partial charge on any atom is 0.297 e. The van der Waals surface area contributed by atoms with Crippen molar-refractivity contribution >= 4 is 27.9 Å². The van der Waals surface area contributed by atoms with Crippen molar-refractivity contribution in [2.24, 2.45) is 0 Å². The second-order valence-electron chi connectivity index (χ2n) is 6.71. The van der Waals surface area contributed by atoms with Gasteiger partial charge in [-0.1, -0.05) is 24.3 Å². The molecule has 2 heterocycles. The molecule has 0 saturated heterocycles. The average Bonchev–Trinajstić information content (AvgIpc) is 3.28. The Morgan fingerprint density at radius 3 is 2.88 bits per heavy atom. The summed E-state index contributed by atoms with van der Waals surface area (Å²) in [6.45, 7) is -0.0440. The molecule has 0 amide bonds. The van der Waals surface area contributed by atoms with Crippen LogP contribution in [0.4, 0.5) is 0 Å². The van der Waals surface area contributed by atoms with Crippen LogP contribution in [0.2, 0.25) is 0 Å². The fraction of sp³-hybridized carbons (Fsp3) is 0.190. The van der Waals surface area contributed by atoms with Crippen molar-refractivity contribution in [2.45, 2.75) is 25.8 Å². The van der Waals surface area contributed by atoms with Gasteiger partial charge in [0, 0.05) is 10.9 Å². The summed E-state index contributed by atoms with van der Waals surface area (Å²) < 4.78 is 6.98. The van der Waals surface area contributed by atoms with Crippen molar-refractivity contribution in [3.05, 3.63) is 75.8 Å². The molecule has 2 aromatic heterocycles. The van der Waals surface area contributed by atoms with Gasteiger partial charge in [-0.3, -0.25) is 14.2 Å². The Hall–Kier alpha value is -3.21. The van der Waals surface area contributed by atoms with Crippen LogP contribution in [0.5, 0.6) is 0 Å². The molecule has 0 unspecified atom stereocenters. The Morgan fingerprint density at radius 1 is 1.12 bits per heavy atom. The summed E-state index contributed by atoms with van der Waals surface area (Å²) in [5.41, 5.74) is 4.22. The molecule has 5 nitrogen and oxygen atoms in total. The zero-order valence-corrected chi connectivity index (χ0v) is 14.1. The highest BCUT2D eigenvalue weighted by Crippen LogP contribution is 2.25. The van der Waals surface area contributed by atoms with E-state index in [1.165, 1.54) is 22.0 Å². The fourth-order valence-electron chi connectivity index (χ4n) is 3.72. The molecule has 5 rings (SSSR count). The first kappa shape index (κ1) is 15.1. The second kappa shape index (κ2) is 5.66. The molecule has 0 atom stereocenters. The SMILES string of the molecule is O=C(Cn1cnc2c(oc3ccccc32)c1=O)c1ccc2c(c1)CCC2. The number of hydrogen-bond acceptors (Lipinski definition) is 4. The Morgan fingerprint density at radius 2 is 1.96 bits per heavy atom. The number of carbonyl (C=O) groups excluding carboxylic acids is 1. The summed E-state index contributed by atoms with van der Waals surface area (Å²) in [6.07, 6.45) is 4.66. The minimum Gasteiger partial charge on any atom is -0.448 e. The molecule has 0 N–H and O–H groups in total. The zero-order chi connectivity index (χ0) is 17.7. The normalized spacial score (nSPS) is 13.4. The van der Waals surface area contributed by atoms with Crippen LogP contribution in [-0.2, 0) is 19.4 Å². The van der Waals surface area contributed by atoms with Gasteiger partial charge in [0.05, 0.1) is 12.9 Å². The second-order valence-corrected chi connectivity index (χ2v) is 6.71. The van der Waals surface area contributed by atoms with Gasteiger partial charge in [0.25, 0.3) is 5.56 Å². The van der Waals surface area contributed by atoms with Crippen LogP contribution in [0.1, 0.15) is 27.9 Å². The lowest BCUT2D eigenvalue weighted by Gasteiger charge is -2.06. The summed E-state index contributed by atoms with van der Waals surface area (Å²) in [5, 5.41) is 0.802. The van der Waals surface area contributed by atoms with E-state index in [0.29, 0.717) is 16.7 Å². The summed E-state index contributed by atoms with van der Waals surface area (Å²) in [6, 6.07) is 13.2. The molecule has 1 aliphatic rings. The number of ketones is 1. The molecule has 5 heteroatoms. The highest BCUT2D eigenvalue weighted by atomic mass is 16.3. The number of nitrogens with zero attached hydrogens (tertiary/aromatic N) is 2. The van der Waals surface area contributed by atoms with E-state index in [9.17, 15) is 9.59 Å². The monoisotopic (exact) mass is 344 g/mol. The Kier molecular flexibility index (Phi) is 3.28. The van der Waals surface area contributed by atoms with Gasteiger partial charge in [0.2, 0.25) is 5.58 Å². The molecular formula is C21H16N2O3. The number of Topliss-reactive ketones (excluding diaryl/α,β-unsaturated/α-hetero) is 1. The van der Waals surface area contributed by atoms with Gasteiger partial charge in [-0.15, -0.1) is 0 Å². The lowest BCUT2D eigenvalue weighted by atomic mass is 10.0. The number of benzene rings is 2. The van der Waals surface area contributed by atoms with Crippen molar-refractivity contribution in [2.75, 3.05) is 0 Å². The fourth-order valence-corrected chi connectivity index (χ4v) is 3.72. The number of fused-ring (bicyclic) bond motifs is 4. The smallest absolute Gasteiger partial charge is 0.297 e. The van der Waals surface area contributed by atoms with Crippen LogP contribution in [0.25, 0.3) is 22.1 Å². The molecular weight excluding hydrogens is 328 g/mol.